The minimum absolute atomic E-state index is 0.120. The Morgan fingerprint density at radius 2 is 0.935 bits per heavy atom. The van der Waals surface area contributed by atoms with Crippen LogP contribution in [0.5, 0.6) is 0 Å². The molecule has 77 heavy (non-hydrogen) atoms. The van der Waals surface area contributed by atoms with Crippen LogP contribution in [0.1, 0.15) is 258 Å². The van der Waals surface area contributed by atoms with Gasteiger partial charge in [0.15, 0.2) is 12.4 Å². The first kappa shape index (κ1) is 71.9. The minimum atomic E-state index is -1.62. The second-order valence-corrected chi connectivity index (χ2v) is 21.4. The van der Waals surface area contributed by atoms with Crippen molar-refractivity contribution in [3.63, 3.8) is 0 Å². The Morgan fingerprint density at radius 3 is 1.40 bits per heavy atom. The molecule has 0 bridgehead atoms. The fourth-order valence-electron chi connectivity index (χ4n) is 9.36. The molecule has 1 heterocycles. The van der Waals surface area contributed by atoms with E-state index < -0.39 is 67.4 Å². The number of hydrogen-bond donors (Lipinski definition) is 6. The summed E-state index contributed by atoms with van der Waals surface area (Å²) in [5, 5.41) is 57.0. The number of aliphatic hydroxyl groups excluding tert-OH is 5. The SMILES string of the molecule is CC/C=C\C/C=C\C/C=C\C/C=C\C/C=C\C/C=C\CCCCCC(O)C(=O)NC(COC1OC(CO)C(O)C(O)C1OC(=O)CCCCCCCCCCCCCCC)C(O)/C=C/CCCCCCCCCCCCC. The van der Waals surface area contributed by atoms with Crippen molar-refractivity contribution in [2.45, 2.75) is 307 Å². The number of amides is 1. The minimum Gasteiger partial charge on any atom is -0.454 e. The second-order valence-electron chi connectivity index (χ2n) is 21.4. The first-order chi connectivity index (χ1) is 37.7. The van der Waals surface area contributed by atoms with E-state index in [1.165, 1.54) is 116 Å². The lowest BCUT2D eigenvalue weighted by molar-refractivity contribution is -0.305. The van der Waals surface area contributed by atoms with E-state index in [1.807, 2.05) is 6.08 Å². The van der Waals surface area contributed by atoms with Gasteiger partial charge >= 0.3 is 5.97 Å². The molecular weight excluding hydrogens is 967 g/mol. The molecule has 444 valence electrons. The molecule has 6 N–H and O–H groups in total. The van der Waals surface area contributed by atoms with Crippen LogP contribution >= 0.6 is 0 Å². The third-order valence-electron chi connectivity index (χ3n) is 14.3. The predicted molar refractivity (Wildman–Crippen MR) is 319 cm³/mol. The fourth-order valence-corrected chi connectivity index (χ4v) is 9.36. The highest BCUT2D eigenvalue weighted by Crippen LogP contribution is 2.26. The number of rotatable bonds is 52. The van der Waals surface area contributed by atoms with Crippen molar-refractivity contribution in [1.82, 2.24) is 5.32 Å². The molecule has 8 unspecified atom stereocenters. The summed E-state index contributed by atoms with van der Waals surface area (Å²) in [5.41, 5.74) is 0. The maximum absolute atomic E-state index is 13.4. The Morgan fingerprint density at radius 1 is 0.519 bits per heavy atom. The Bertz CT molecular complexity index is 1570. The van der Waals surface area contributed by atoms with Gasteiger partial charge in [0.05, 0.1) is 25.4 Å². The molecule has 1 aliphatic heterocycles. The molecule has 0 aromatic carbocycles. The Balaban J connectivity index is 2.71. The van der Waals surface area contributed by atoms with Crippen LogP contribution < -0.4 is 5.32 Å². The maximum Gasteiger partial charge on any atom is 0.306 e. The molecule has 11 nitrogen and oxygen atoms in total. The molecule has 1 saturated heterocycles. The van der Waals surface area contributed by atoms with Gasteiger partial charge in [0.25, 0.3) is 0 Å². The van der Waals surface area contributed by atoms with E-state index in [2.05, 4.69) is 99.0 Å². The third kappa shape index (κ3) is 41.5. The molecule has 0 aromatic rings. The molecule has 1 amide bonds. The molecule has 1 rings (SSSR count). The molecule has 1 aliphatic rings. The predicted octanol–water partition coefficient (Wildman–Crippen LogP) is 14.9. The number of carbonyl (C=O) groups is 2. The van der Waals surface area contributed by atoms with Gasteiger partial charge in [0.1, 0.15) is 24.4 Å². The van der Waals surface area contributed by atoms with Gasteiger partial charge in [-0.25, -0.2) is 0 Å². The Labute approximate surface area is 470 Å². The zero-order chi connectivity index (χ0) is 56.1. The Hall–Kier alpha value is -3.16. The summed E-state index contributed by atoms with van der Waals surface area (Å²) in [4.78, 5) is 26.5. The van der Waals surface area contributed by atoms with E-state index in [-0.39, 0.29) is 19.4 Å². The standard InChI is InChI=1S/C66H115NO10/c1-4-7-10-13-16-19-22-25-26-27-28-29-30-31-32-33-36-38-41-44-47-50-53-59(70)65(74)67-57(58(69)52-49-46-43-40-37-34-23-20-17-14-11-8-5-2)56-75-66-64(63(73)62(72)60(55-68)76-66)77-61(71)54-51-48-45-42-39-35-24-21-18-15-12-9-6-3/h7,10,16,19,25-26,28-29,31-32,36,38,49,52,57-60,62-64,66,68-70,72-73H,4-6,8-9,11-15,17-18,20-24,27,30,33-35,37,39-48,50-51,53-56H2,1-3H3,(H,67,74)/b10-7-,19-16-,26-25-,29-28-,32-31-,38-36-,52-49+. The quantitative estimate of drug-likeness (QED) is 0.0195. The van der Waals surface area contributed by atoms with E-state index in [0.717, 1.165) is 96.3 Å². The van der Waals surface area contributed by atoms with Crippen molar-refractivity contribution in [2.24, 2.45) is 0 Å². The van der Waals surface area contributed by atoms with Crippen LogP contribution in [0.15, 0.2) is 85.1 Å². The van der Waals surface area contributed by atoms with Crippen LogP contribution in [0.4, 0.5) is 0 Å². The number of nitrogens with one attached hydrogen (secondary N) is 1. The number of hydrogen-bond acceptors (Lipinski definition) is 10. The van der Waals surface area contributed by atoms with Crippen molar-refractivity contribution < 1.29 is 49.3 Å². The smallest absolute Gasteiger partial charge is 0.306 e. The summed E-state index contributed by atoms with van der Waals surface area (Å²) in [7, 11) is 0. The van der Waals surface area contributed by atoms with Crippen molar-refractivity contribution in [3.05, 3.63) is 85.1 Å². The molecule has 11 heteroatoms. The van der Waals surface area contributed by atoms with Gasteiger partial charge < -0.3 is 45.1 Å². The third-order valence-corrected chi connectivity index (χ3v) is 14.3. The molecule has 0 aromatic heterocycles. The first-order valence-electron chi connectivity index (χ1n) is 31.4. The number of allylic oxidation sites excluding steroid dienone is 13. The highest BCUT2D eigenvalue weighted by atomic mass is 16.7. The molecule has 0 radical (unpaired) electrons. The van der Waals surface area contributed by atoms with Crippen LogP contribution in [0.3, 0.4) is 0 Å². The molecule has 8 atom stereocenters. The lowest BCUT2D eigenvalue weighted by Gasteiger charge is -2.41. The summed E-state index contributed by atoms with van der Waals surface area (Å²) in [6.45, 7) is 5.66. The summed E-state index contributed by atoms with van der Waals surface area (Å²) in [6, 6.07) is -1.04. The van der Waals surface area contributed by atoms with E-state index in [1.54, 1.807) is 6.08 Å². The topological polar surface area (TPSA) is 175 Å². The second kappa shape index (κ2) is 53.5. The van der Waals surface area contributed by atoms with Gasteiger partial charge in [-0.3, -0.25) is 9.59 Å². The van der Waals surface area contributed by atoms with Gasteiger partial charge in [-0.05, 0) is 77.0 Å². The summed E-state index contributed by atoms with van der Waals surface area (Å²) >= 11 is 0. The molecule has 0 aliphatic carbocycles. The number of aliphatic hydroxyl groups is 5. The largest absolute Gasteiger partial charge is 0.454 e. The molecular formula is C66H115NO10. The highest BCUT2D eigenvalue weighted by molar-refractivity contribution is 5.80. The van der Waals surface area contributed by atoms with E-state index in [0.29, 0.717) is 12.8 Å². The highest BCUT2D eigenvalue weighted by Gasteiger charge is 2.47. The van der Waals surface area contributed by atoms with E-state index in [4.69, 9.17) is 14.2 Å². The van der Waals surface area contributed by atoms with Gasteiger partial charge in [-0.15, -0.1) is 0 Å². The average molecular weight is 1080 g/mol. The van der Waals surface area contributed by atoms with Gasteiger partial charge in [0, 0.05) is 6.42 Å². The zero-order valence-corrected chi connectivity index (χ0v) is 49.1. The summed E-state index contributed by atoms with van der Waals surface area (Å²) in [5.74, 6) is -1.22. The van der Waals surface area contributed by atoms with E-state index >= 15 is 0 Å². The van der Waals surface area contributed by atoms with Gasteiger partial charge in [0.2, 0.25) is 5.91 Å². The number of unbranched alkanes of at least 4 members (excludes halogenated alkanes) is 26. The monoisotopic (exact) mass is 1080 g/mol. The van der Waals surface area contributed by atoms with Crippen molar-refractivity contribution in [1.29, 1.82) is 0 Å². The normalized spacial score (nSPS) is 19.6. The van der Waals surface area contributed by atoms with Crippen LogP contribution in [-0.4, -0.2) is 99.6 Å². The summed E-state index contributed by atoms with van der Waals surface area (Å²) < 4.78 is 17.6. The number of ether oxygens (including phenoxy) is 3. The van der Waals surface area contributed by atoms with Crippen molar-refractivity contribution in [3.8, 4) is 0 Å². The van der Waals surface area contributed by atoms with Gasteiger partial charge in [-0.2, -0.15) is 0 Å². The maximum atomic E-state index is 13.4. The van der Waals surface area contributed by atoms with Crippen molar-refractivity contribution >= 4 is 11.9 Å². The Kier molecular flexibility index (Phi) is 49.9. The lowest BCUT2D eigenvalue weighted by Crippen LogP contribution is -2.61. The van der Waals surface area contributed by atoms with E-state index in [9.17, 15) is 35.1 Å². The fraction of sp³-hybridized carbons (Fsp3) is 0.758. The van der Waals surface area contributed by atoms with Crippen LogP contribution in [0, 0.1) is 0 Å². The molecule has 0 saturated carbocycles. The number of esters is 1. The van der Waals surface area contributed by atoms with Gasteiger partial charge in [-0.1, -0.05) is 260 Å². The van der Waals surface area contributed by atoms with Crippen molar-refractivity contribution in [2.75, 3.05) is 13.2 Å². The van der Waals surface area contributed by atoms with Crippen LogP contribution in [0.25, 0.3) is 0 Å². The molecule has 1 fully saturated rings. The average Bonchev–Trinajstić information content (AvgIpc) is 3.43. The number of carbonyl (C=O) groups excluding carboxylic acids is 2. The first-order valence-corrected chi connectivity index (χ1v) is 31.4. The molecule has 0 spiro atoms. The van der Waals surface area contributed by atoms with Crippen LogP contribution in [0.2, 0.25) is 0 Å². The zero-order valence-electron chi connectivity index (χ0n) is 49.1. The van der Waals surface area contributed by atoms with Crippen LogP contribution in [-0.2, 0) is 23.8 Å². The summed E-state index contributed by atoms with van der Waals surface area (Å²) in [6.07, 6.45) is 59.0. The lowest BCUT2D eigenvalue weighted by atomic mass is 9.99.